The van der Waals surface area contributed by atoms with Gasteiger partial charge in [0.15, 0.2) is 11.5 Å². The molecule has 4 N–H and O–H groups in total. The van der Waals surface area contributed by atoms with E-state index in [0.29, 0.717) is 18.4 Å². The summed E-state index contributed by atoms with van der Waals surface area (Å²) in [6.07, 6.45) is 3.07. The molecule has 1 saturated heterocycles. The number of nitrogens with two attached hydrogens (primary N) is 1. The van der Waals surface area contributed by atoms with Crippen LogP contribution in [0.4, 0.5) is 17.5 Å². The van der Waals surface area contributed by atoms with Crippen molar-refractivity contribution in [2.24, 2.45) is 5.73 Å². The van der Waals surface area contributed by atoms with E-state index in [-0.39, 0.29) is 23.5 Å². The van der Waals surface area contributed by atoms with Crippen LogP contribution in [0.2, 0.25) is 0 Å². The van der Waals surface area contributed by atoms with Crippen molar-refractivity contribution in [3.8, 4) is 0 Å². The van der Waals surface area contributed by atoms with Crippen LogP contribution in [0.15, 0.2) is 36.9 Å². The van der Waals surface area contributed by atoms with Gasteiger partial charge in [0.2, 0.25) is 11.9 Å². The first-order valence-electron chi connectivity index (χ1n) is 9.97. The highest BCUT2D eigenvalue weighted by Gasteiger charge is 2.28. The predicted octanol–water partition coefficient (Wildman–Crippen LogP) is 2.11. The lowest BCUT2D eigenvalue weighted by Gasteiger charge is -2.25. The zero-order valence-corrected chi connectivity index (χ0v) is 17.3. The summed E-state index contributed by atoms with van der Waals surface area (Å²) in [4.78, 5) is 29.8. The van der Waals surface area contributed by atoms with Crippen molar-refractivity contribution in [2.45, 2.75) is 38.6 Å². The topological polar surface area (TPSA) is 126 Å². The summed E-state index contributed by atoms with van der Waals surface area (Å²) in [7, 11) is 0. The third-order valence-corrected chi connectivity index (χ3v) is 5.08. The number of nitrogens with zero attached hydrogens (tertiary/aromatic N) is 4. The molecule has 0 bridgehead atoms. The molecule has 0 spiro atoms. The van der Waals surface area contributed by atoms with Gasteiger partial charge in [0, 0.05) is 24.8 Å². The second-order valence-corrected chi connectivity index (χ2v) is 7.51. The molecule has 2 heterocycles. The summed E-state index contributed by atoms with van der Waals surface area (Å²) in [5.41, 5.74) is 7.42. The van der Waals surface area contributed by atoms with Gasteiger partial charge >= 0.3 is 0 Å². The highest BCUT2D eigenvalue weighted by molar-refractivity contribution is 5.96. The van der Waals surface area contributed by atoms with Crippen molar-refractivity contribution >= 4 is 29.3 Å². The molecule has 9 nitrogen and oxygen atoms in total. The molecule has 158 valence electrons. The van der Waals surface area contributed by atoms with Gasteiger partial charge in [-0.25, -0.2) is 0 Å². The number of primary amides is 1. The van der Waals surface area contributed by atoms with Gasteiger partial charge in [-0.05, 0) is 42.5 Å². The molecule has 0 aliphatic carbocycles. The lowest BCUT2D eigenvalue weighted by atomic mass is 10.0. The maximum absolute atomic E-state index is 11.8. The van der Waals surface area contributed by atoms with Crippen molar-refractivity contribution in [1.82, 2.24) is 20.5 Å². The molecule has 1 fully saturated rings. The summed E-state index contributed by atoms with van der Waals surface area (Å²) in [5.74, 6) is 0.125. The van der Waals surface area contributed by atoms with Crippen molar-refractivity contribution < 1.29 is 9.59 Å². The largest absolute Gasteiger partial charge is 0.364 e. The van der Waals surface area contributed by atoms with E-state index in [4.69, 9.17) is 5.73 Å². The summed E-state index contributed by atoms with van der Waals surface area (Å²) in [6.45, 7) is 8.89. The molecule has 0 saturated carbocycles. The van der Waals surface area contributed by atoms with Crippen LogP contribution in [0.3, 0.4) is 0 Å². The van der Waals surface area contributed by atoms with Crippen molar-refractivity contribution in [3.63, 3.8) is 0 Å². The van der Waals surface area contributed by atoms with Crippen LogP contribution < -0.4 is 21.3 Å². The van der Waals surface area contributed by atoms with Gasteiger partial charge in [-0.3, -0.25) is 9.59 Å². The molecule has 1 aliphatic heterocycles. The summed E-state index contributed by atoms with van der Waals surface area (Å²) in [6, 6.07) is 7.92. The first-order valence-corrected chi connectivity index (χ1v) is 9.97. The molecule has 30 heavy (non-hydrogen) atoms. The third kappa shape index (κ3) is 4.91. The average Bonchev–Trinajstić information content (AvgIpc) is 3.20. The SMILES string of the molecule is C=CC(=O)NC[C@@H]1CCCN1c1nnc(C(N)=O)c(Nc2ccc(C(C)C)cc2)n1. The zero-order valence-electron chi connectivity index (χ0n) is 17.3. The smallest absolute Gasteiger partial charge is 0.273 e. The number of anilines is 3. The van der Waals surface area contributed by atoms with Crippen LogP contribution in [0.25, 0.3) is 0 Å². The molecule has 1 aromatic carbocycles. The monoisotopic (exact) mass is 409 g/mol. The zero-order chi connectivity index (χ0) is 21.7. The first kappa shape index (κ1) is 21.2. The Morgan fingerprint density at radius 2 is 2.03 bits per heavy atom. The minimum atomic E-state index is -0.709. The normalized spacial score (nSPS) is 15.8. The van der Waals surface area contributed by atoms with Crippen LogP contribution in [-0.4, -0.2) is 46.1 Å². The van der Waals surface area contributed by atoms with E-state index in [9.17, 15) is 9.59 Å². The number of carbonyl (C=O) groups is 2. The maximum Gasteiger partial charge on any atom is 0.273 e. The fraction of sp³-hybridized carbons (Fsp3) is 0.381. The second-order valence-electron chi connectivity index (χ2n) is 7.51. The molecule has 2 amide bonds. The van der Waals surface area contributed by atoms with E-state index in [1.165, 1.54) is 11.6 Å². The quantitative estimate of drug-likeness (QED) is 0.570. The van der Waals surface area contributed by atoms with Gasteiger partial charge in [0.05, 0.1) is 0 Å². The Kier molecular flexibility index (Phi) is 6.61. The summed E-state index contributed by atoms with van der Waals surface area (Å²) < 4.78 is 0. The van der Waals surface area contributed by atoms with Crippen molar-refractivity contribution in [1.29, 1.82) is 0 Å². The molecule has 3 rings (SSSR count). The fourth-order valence-electron chi connectivity index (χ4n) is 3.38. The molecule has 0 radical (unpaired) electrons. The fourth-order valence-corrected chi connectivity index (χ4v) is 3.38. The van der Waals surface area contributed by atoms with Crippen molar-refractivity contribution in [3.05, 3.63) is 48.2 Å². The van der Waals surface area contributed by atoms with E-state index in [1.807, 2.05) is 29.2 Å². The second kappa shape index (κ2) is 9.34. The number of benzene rings is 1. The van der Waals surface area contributed by atoms with Gasteiger partial charge < -0.3 is 21.3 Å². The van der Waals surface area contributed by atoms with Crippen LogP contribution in [-0.2, 0) is 4.79 Å². The minimum absolute atomic E-state index is 0.0256. The number of carbonyl (C=O) groups excluding carboxylic acids is 2. The standard InChI is InChI=1S/C21H27N7O2/c1-4-17(29)23-12-16-6-5-11-28(16)21-25-20(18(19(22)30)26-27-21)24-15-9-7-14(8-10-15)13(2)3/h4,7-10,13,16H,1,5-6,11-12H2,2-3H3,(H2,22,30)(H,23,29)(H,24,25,27)/t16-/m0/s1. The molecule has 0 unspecified atom stereocenters. The van der Waals surface area contributed by atoms with Crippen LogP contribution in [0.1, 0.15) is 48.7 Å². The number of amides is 2. The molecule has 1 aromatic heterocycles. The molecule has 9 heteroatoms. The molecule has 1 atom stereocenters. The Balaban J connectivity index is 1.84. The Labute approximate surface area is 175 Å². The molecule has 1 aliphatic rings. The van der Waals surface area contributed by atoms with Crippen molar-refractivity contribution in [2.75, 3.05) is 23.3 Å². The summed E-state index contributed by atoms with van der Waals surface area (Å²) >= 11 is 0. The predicted molar refractivity (Wildman–Crippen MR) is 116 cm³/mol. The molecular formula is C21H27N7O2. The maximum atomic E-state index is 11.8. The van der Waals surface area contributed by atoms with Gasteiger partial charge in [0.1, 0.15) is 0 Å². The van der Waals surface area contributed by atoms with Crippen LogP contribution >= 0.6 is 0 Å². The first-order chi connectivity index (χ1) is 14.4. The third-order valence-electron chi connectivity index (χ3n) is 5.08. The number of hydrogen-bond acceptors (Lipinski definition) is 7. The van der Waals surface area contributed by atoms with Gasteiger partial charge in [-0.2, -0.15) is 4.98 Å². The number of aromatic nitrogens is 3. The number of rotatable bonds is 8. The Morgan fingerprint density at radius 3 is 2.67 bits per heavy atom. The van der Waals surface area contributed by atoms with Crippen LogP contribution in [0, 0.1) is 0 Å². The molecular weight excluding hydrogens is 382 g/mol. The number of hydrogen-bond donors (Lipinski definition) is 3. The van der Waals surface area contributed by atoms with E-state index in [0.717, 1.165) is 25.1 Å². The Morgan fingerprint density at radius 1 is 1.30 bits per heavy atom. The molecule has 2 aromatic rings. The van der Waals surface area contributed by atoms with E-state index in [1.54, 1.807) is 0 Å². The Bertz CT molecular complexity index is 927. The lowest BCUT2D eigenvalue weighted by molar-refractivity contribution is -0.116. The average molecular weight is 409 g/mol. The highest BCUT2D eigenvalue weighted by atomic mass is 16.1. The van der Waals surface area contributed by atoms with Gasteiger partial charge in [0.25, 0.3) is 5.91 Å². The Hall–Kier alpha value is -3.49. The van der Waals surface area contributed by atoms with Gasteiger partial charge in [-0.1, -0.05) is 32.6 Å². The van der Waals surface area contributed by atoms with E-state index < -0.39 is 5.91 Å². The summed E-state index contributed by atoms with van der Waals surface area (Å²) in [5, 5.41) is 14.1. The lowest BCUT2D eigenvalue weighted by Crippen LogP contribution is -2.40. The van der Waals surface area contributed by atoms with E-state index in [2.05, 4.69) is 46.2 Å². The van der Waals surface area contributed by atoms with Crippen LogP contribution in [0.5, 0.6) is 0 Å². The highest BCUT2D eigenvalue weighted by Crippen LogP contribution is 2.25. The number of nitrogens with one attached hydrogen (secondary N) is 2. The minimum Gasteiger partial charge on any atom is -0.364 e. The van der Waals surface area contributed by atoms with Gasteiger partial charge in [-0.15, -0.1) is 10.2 Å². The van der Waals surface area contributed by atoms with E-state index >= 15 is 0 Å².